The minimum absolute atomic E-state index is 0.0963. The van der Waals surface area contributed by atoms with Crippen molar-refractivity contribution in [3.63, 3.8) is 0 Å². The standard InChI is InChI=1S/C20H23F4NO2/c1-9(20-6-10-3-11(7-20)5-12(4-10)8-20)25-19(26)13-14(21)16(23)18(27-2)17(24)15(13)22/h9-12H,3-8H2,1-2H3,(H,25,26)/t9-,10?,11?,12?,20?/m0/s1. The highest BCUT2D eigenvalue weighted by atomic mass is 19.2. The van der Waals surface area contributed by atoms with Crippen molar-refractivity contribution in [2.24, 2.45) is 23.2 Å². The van der Waals surface area contributed by atoms with Gasteiger partial charge in [-0.1, -0.05) is 0 Å². The molecule has 1 amide bonds. The Morgan fingerprint density at radius 3 is 1.81 bits per heavy atom. The summed E-state index contributed by atoms with van der Waals surface area (Å²) in [6, 6.07) is -0.328. The van der Waals surface area contributed by atoms with E-state index in [2.05, 4.69) is 10.1 Å². The number of carbonyl (C=O) groups is 1. The summed E-state index contributed by atoms with van der Waals surface area (Å²) in [5.41, 5.74) is -1.33. The van der Waals surface area contributed by atoms with Crippen molar-refractivity contribution < 1.29 is 27.1 Å². The van der Waals surface area contributed by atoms with Crippen molar-refractivity contribution in [3.8, 4) is 5.75 Å². The number of carbonyl (C=O) groups excluding carboxylic acids is 1. The van der Waals surface area contributed by atoms with Crippen LogP contribution in [0, 0.1) is 46.4 Å². The first-order valence-corrected chi connectivity index (χ1v) is 9.46. The molecule has 1 N–H and O–H groups in total. The lowest BCUT2D eigenvalue weighted by atomic mass is 9.48. The van der Waals surface area contributed by atoms with Gasteiger partial charge in [0.2, 0.25) is 11.6 Å². The van der Waals surface area contributed by atoms with Crippen LogP contribution in [0.3, 0.4) is 0 Å². The van der Waals surface area contributed by atoms with Gasteiger partial charge in [-0.2, -0.15) is 8.78 Å². The van der Waals surface area contributed by atoms with Crippen LogP contribution < -0.4 is 10.1 Å². The number of rotatable bonds is 4. The van der Waals surface area contributed by atoms with E-state index in [0.29, 0.717) is 17.8 Å². The zero-order chi connectivity index (χ0) is 19.5. The van der Waals surface area contributed by atoms with Crippen LogP contribution in [0.2, 0.25) is 0 Å². The number of hydrogen-bond donors (Lipinski definition) is 1. The molecular formula is C20H23F4NO2. The highest BCUT2D eigenvalue weighted by Gasteiger charge is 2.53. The van der Waals surface area contributed by atoms with Crippen LogP contribution in [0.5, 0.6) is 5.75 Å². The molecule has 148 valence electrons. The molecule has 4 aliphatic carbocycles. The average Bonchev–Trinajstić information content (AvgIpc) is 2.59. The molecule has 4 saturated carbocycles. The smallest absolute Gasteiger partial charge is 0.257 e. The zero-order valence-electron chi connectivity index (χ0n) is 15.4. The number of methoxy groups -OCH3 is 1. The lowest BCUT2D eigenvalue weighted by Crippen LogP contribution is -2.56. The number of nitrogens with one attached hydrogen (secondary N) is 1. The van der Waals surface area contributed by atoms with Crippen molar-refractivity contribution in [1.29, 1.82) is 0 Å². The summed E-state index contributed by atoms with van der Waals surface area (Å²) in [5.74, 6) is -7.26. The van der Waals surface area contributed by atoms with Gasteiger partial charge in [-0.3, -0.25) is 4.79 Å². The largest absolute Gasteiger partial charge is 0.491 e. The van der Waals surface area contributed by atoms with E-state index >= 15 is 0 Å². The molecule has 0 aromatic heterocycles. The van der Waals surface area contributed by atoms with E-state index in [4.69, 9.17) is 0 Å². The van der Waals surface area contributed by atoms with Crippen molar-refractivity contribution in [1.82, 2.24) is 5.32 Å². The molecule has 4 aliphatic rings. The van der Waals surface area contributed by atoms with Crippen LogP contribution in [-0.2, 0) is 0 Å². The summed E-state index contributed by atoms with van der Waals surface area (Å²) in [7, 11) is 0.898. The Bertz CT molecular complexity index is 730. The summed E-state index contributed by atoms with van der Waals surface area (Å²) >= 11 is 0. The maximum Gasteiger partial charge on any atom is 0.257 e. The molecule has 7 heteroatoms. The van der Waals surface area contributed by atoms with E-state index in [1.807, 2.05) is 6.92 Å². The summed E-state index contributed by atoms with van der Waals surface area (Å²) in [4.78, 5) is 12.5. The van der Waals surface area contributed by atoms with Gasteiger partial charge in [-0.05, 0) is 68.6 Å². The van der Waals surface area contributed by atoms with Gasteiger partial charge in [0, 0.05) is 6.04 Å². The van der Waals surface area contributed by atoms with E-state index in [1.165, 1.54) is 19.3 Å². The Balaban J connectivity index is 1.60. The first-order chi connectivity index (χ1) is 12.8. The Morgan fingerprint density at radius 1 is 0.963 bits per heavy atom. The first kappa shape index (κ1) is 18.6. The molecule has 0 radical (unpaired) electrons. The summed E-state index contributed by atoms with van der Waals surface area (Å²) in [6.07, 6.45) is 6.61. The second kappa shape index (κ2) is 6.38. The first-order valence-electron chi connectivity index (χ1n) is 9.46. The fraction of sp³-hybridized carbons (Fsp3) is 0.650. The fourth-order valence-corrected chi connectivity index (χ4v) is 6.12. The second-order valence-corrected chi connectivity index (χ2v) is 8.64. The quantitative estimate of drug-likeness (QED) is 0.608. The molecular weight excluding hydrogens is 362 g/mol. The lowest BCUT2D eigenvalue weighted by Gasteiger charge is -2.59. The van der Waals surface area contributed by atoms with Crippen molar-refractivity contribution in [2.75, 3.05) is 7.11 Å². The van der Waals surface area contributed by atoms with Crippen LogP contribution in [0.1, 0.15) is 55.8 Å². The lowest BCUT2D eigenvalue weighted by molar-refractivity contribution is -0.0688. The molecule has 0 spiro atoms. The zero-order valence-corrected chi connectivity index (χ0v) is 15.4. The molecule has 0 aliphatic heterocycles. The third-order valence-corrected chi connectivity index (χ3v) is 7.01. The number of amides is 1. The van der Waals surface area contributed by atoms with E-state index < -0.39 is 40.5 Å². The number of benzene rings is 1. The average molecular weight is 385 g/mol. The van der Waals surface area contributed by atoms with E-state index in [-0.39, 0.29) is 11.5 Å². The fourth-order valence-electron chi connectivity index (χ4n) is 6.12. The maximum absolute atomic E-state index is 14.2. The second-order valence-electron chi connectivity index (χ2n) is 8.64. The van der Waals surface area contributed by atoms with Gasteiger partial charge < -0.3 is 10.1 Å². The summed E-state index contributed by atoms with van der Waals surface area (Å²) in [5, 5.41) is 2.63. The van der Waals surface area contributed by atoms with Crippen LogP contribution in [0.4, 0.5) is 17.6 Å². The molecule has 0 unspecified atom stereocenters. The van der Waals surface area contributed by atoms with E-state index in [1.54, 1.807) is 0 Å². The molecule has 3 nitrogen and oxygen atoms in total. The molecule has 4 bridgehead atoms. The third-order valence-electron chi connectivity index (χ3n) is 7.01. The van der Waals surface area contributed by atoms with Crippen LogP contribution in [0.25, 0.3) is 0 Å². The minimum atomic E-state index is -1.74. The monoisotopic (exact) mass is 385 g/mol. The Kier molecular flexibility index (Phi) is 4.39. The van der Waals surface area contributed by atoms with Crippen LogP contribution >= 0.6 is 0 Å². The Hall–Kier alpha value is -1.79. The Morgan fingerprint density at radius 2 is 1.41 bits per heavy atom. The number of ether oxygens (including phenoxy) is 1. The van der Waals surface area contributed by atoms with Gasteiger partial charge in [-0.15, -0.1) is 0 Å². The van der Waals surface area contributed by atoms with Gasteiger partial charge in [-0.25, -0.2) is 8.78 Å². The van der Waals surface area contributed by atoms with Gasteiger partial charge in [0.15, 0.2) is 17.4 Å². The molecule has 5 rings (SSSR count). The predicted octanol–water partition coefficient (Wildman–Crippen LogP) is 4.59. The van der Waals surface area contributed by atoms with Crippen molar-refractivity contribution in [3.05, 3.63) is 28.8 Å². The van der Waals surface area contributed by atoms with Gasteiger partial charge in [0.05, 0.1) is 7.11 Å². The SMILES string of the molecule is COc1c(F)c(F)c(C(=O)N[C@@H](C)C23CC4CC(CC(C4)C2)C3)c(F)c1F. The molecule has 1 atom stereocenters. The summed E-state index contributed by atoms with van der Waals surface area (Å²) < 4.78 is 60.7. The van der Waals surface area contributed by atoms with Crippen molar-refractivity contribution >= 4 is 5.91 Å². The molecule has 1 aromatic carbocycles. The van der Waals surface area contributed by atoms with Gasteiger partial charge in [0.25, 0.3) is 5.91 Å². The normalized spacial score (nSPS) is 32.4. The molecule has 0 heterocycles. The highest BCUT2D eigenvalue weighted by molar-refractivity contribution is 5.95. The van der Waals surface area contributed by atoms with E-state index in [9.17, 15) is 22.4 Å². The molecule has 0 saturated heterocycles. The maximum atomic E-state index is 14.2. The molecule has 1 aromatic rings. The number of hydrogen-bond acceptors (Lipinski definition) is 2. The highest BCUT2D eigenvalue weighted by Crippen LogP contribution is 2.61. The third kappa shape index (κ3) is 2.81. The molecule has 4 fully saturated rings. The van der Waals surface area contributed by atoms with Gasteiger partial charge >= 0.3 is 0 Å². The van der Waals surface area contributed by atoms with Crippen LogP contribution in [0.15, 0.2) is 0 Å². The van der Waals surface area contributed by atoms with Crippen molar-refractivity contribution in [2.45, 2.75) is 51.5 Å². The van der Waals surface area contributed by atoms with E-state index in [0.717, 1.165) is 26.4 Å². The van der Waals surface area contributed by atoms with Gasteiger partial charge in [0.1, 0.15) is 5.56 Å². The minimum Gasteiger partial charge on any atom is -0.491 e. The predicted molar refractivity (Wildman–Crippen MR) is 90.4 cm³/mol. The topological polar surface area (TPSA) is 38.3 Å². The number of halogens is 4. The Labute approximate surface area is 155 Å². The van der Waals surface area contributed by atoms with Crippen LogP contribution in [-0.4, -0.2) is 19.1 Å². The molecule has 27 heavy (non-hydrogen) atoms. The summed E-state index contributed by atoms with van der Waals surface area (Å²) in [6.45, 7) is 1.83.